The van der Waals surface area contributed by atoms with Crippen LogP contribution < -0.4 is 14.7 Å². The minimum absolute atomic E-state index is 0.764. The Morgan fingerprint density at radius 1 is 0.403 bits per heavy atom. The Bertz CT molecular complexity index is 2890. The molecule has 0 amide bonds. The molecule has 3 aromatic heterocycles. The number of nitrogens with zero attached hydrogens (tertiary/aromatic N) is 5. The Balaban J connectivity index is 1.14. The van der Waals surface area contributed by atoms with E-state index in [2.05, 4.69) is 179 Å². The van der Waals surface area contributed by atoms with Gasteiger partial charge in [0.05, 0.1) is 28.3 Å². The molecule has 7 heteroatoms. The molecule has 3 aromatic carbocycles. The van der Waals surface area contributed by atoms with E-state index in [-0.39, 0.29) is 0 Å². The van der Waals surface area contributed by atoms with Crippen LogP contribution in [0.2, 0.25) is 0 Å². The normalized spacial score (nSPS) is 14.2. The molecular weight excluding hydrogens is 879 g/mol. The average Bonchev–Trinajstić information content (AvgIpc) is 4.25. The molecule has 0 fully saturated rings. The Morgan fingerprint density at radius 3 is 1.10 bits per heavy atom. The highest BCUT2D eigenvalue weighted by Crippen LogP contribution is 2.67. The molecular formula is C65H73N7. The highest BCUT2D eigenvalue weighted by atomic mass is 15.2. The SMILES string of the molecule is CCCCCCCCN1c2cccc3c2C2(C#Cc4c5nc(cc6ccc(cc7ccc(cc8nc4C=C8)[nH]7)[nH]6)C=C5)c4c1cccc4N(CCCCCCCC)c1cccc(c12)N3CCCCCCCC. The van der Waals surface area contributed by atoms with Crippen molar-refractivity contribution in [1.29, 1.82) is 0 Å². The minimum Gasteiger partial charge on any atom is -0.355 e. The quantitative estimate of drug-likeness (QED) is 0.0555. The van der Waals surface area contributed by atoms with Gasteiger partial charge in [-0.2, -0.15) is 0 Å². The number of unbranched alkanes of at least 4 members (excludes halogenated alkanes) is 15. The third kappa shape index (κ3) is 9.19. The maximum Gasteiger partial charge on any atom is 0.119 e. The molecule has 0 atom stereocenters. The van der Waals surface area contributed by atoms with Gasteiger partial charge in [-0.3, -0.25) is 0 Å². The largest absolute Gasteiger partial charge is 0.355 e. The van der Waals surface area contributed by atoms with Crippen LogP contribution >= 0.6 is 0 Å². The summed E-state index contributed by atoms with van der Waals surface area (Å²) in [6.45, 7) is 9.85. The molecule has 0 radical (unpaired) electrons. The van der Waals surface area contributed by atoms with E-state index >= 15 is 0 Å². The first kappa shape index (κ1) is 47.5. The zero-order chi connectivity index (χ0) is 48.9. The van der Waals surface area contributed by atoms with E-state index in [1.807, 2.05) is 0 Å². The Morgan fingerprint density at radius 2 is 0.736 bits per heavy atom. The molecule has 0 saturated carbocycles. The van der Waals surface area contributed by atoms with Crippen LogP contribution in [0.5, 0.6) is 0 Å². The van der Waals surface area contributed by atoms with Crippen LogP contribution in [0.4, 0.5) is 34.1 Å². The number of hydrogen-bond acceptors (Lipinski definition) is 5. The van der Waals surface area contributed by atoms with Gasteiger partial charge in [-0.25, -0.2) is 9.97 Å². The summed E-state index contributed by atoms with van der Waals surface area (Å²) in [5, 5.41) is 0. The number of nitrogens with one attached hydrogen (secondary N) is 2. The number of H-pyrrole nitrogens is 2. The number of anilines is 6. The standard InChI is InChI=1S/C65H73N7/c1-4-7-10-13-16-19-41-70-56-25-22-27-58-62(56)65(40-39-53-54-37-35-51(68-54)45-49-33-31-47(66-49)44-48-32-34-50(67-48)46-52-36-38-55(53)69-52)63-57(70)26-23-28-59(63)72(43-21-18-15-12-9-6-3)61-30-24-29-60(64(61)65)71(58)42-20-17-14-11-8-5-2/h22-38,44-46,66-67H,4-21,41-43H2,1-3H3. The van der Waals surface area contributed by atoms with Crippen LogP contribution in [0.1, 0.15) is 181 Å². The summed E-state index contributed by atoms with van der Waals surface area (Å²) >= 11 is 0. The predicted octanol–water partition coefficient (Wildman–Crippen LogP) is 17.5. The molecule has 8 heterocycles. The highest BCUT2D eigenvalue weighted by Gasteiger charge is 2.55. The Labute approximate surface area is 428 Å². The Hall–Kier alpha value is -6.78. The van der Waals surface area contributed by atoms with Crippen molar-refractivity contribution in [3.63, 3.8) is 0 Å². The molecule has 72 heavy (non-hydrogen) atoms. The van der Waals surface area contributed by atoms with Crippen LogP contribution in [0.15, 0.2) is 97.1 Å². The first-order chi connectivity index (χ1) is 35.6. The fourth-order valence-electron chi connectivity index (χ4n) is 12.2. The number of rotatable bonds is 21. The van der Waals surface area contributed by atoms with Crippen molar-refractivity contribution in [2.45, 2.75) is 142 Å². The zero-order valence-corrected chi connectivity index (χ0v) is 43.1. The fraction of sp³-hybridized carbons (Fsp3) is 0.385. The third-order valence-electron chi connectivity index (χ3n) is 15.7. The smallest absolute Gasteiger partial charge is 0.119 e. The molecule has 5 aliphatic rings. The number of aromatic amines is 2. The molecule has 0 spiro atoms. The van der Waals surface area contributed by atoms with E-state index in [4.69, 9.17) is 9.97 Å². The summed E-state index contributed by atoms with van der Waals surface area (Å²) in [6.07, 6.45) is 31.1. The van der Waals surface area contributed by atoms with Gasteiger partial charge < -0.3 is 24.7 Å². The second-order valence-corrected chi connectivity index (χ2v) is 20.8. The van der Waals surface area contributed by atoms with Gasteiger partial charge in [0.2, 0.25) is 0 Å². The first-order valence-corrected chi connectivity index (χ1v) is 27.9. The van der Waals surface area contributed by atoms with E-state index < -0.39 is 5.41 Å². The number of fused-ring (bicyclic) bond motifs is 8. The van der Waals surface area contributed by atoms with Crippen molar-refractivity contribution in [1.82, 2.24) is 19.9 Å². The summed E-state index contributed by atoms with van der Waals surface area (Å²) in [6, 6.07) is 36.3. The molecule has 7 nitrogen and oxygen atoms in total. The summed E-state index contributed by atoms with van der Waals surface area (Å²) in [4.78, 5) is 25.9. The summed E-state index contributed by atoms with van der Waals surface area (Å²) < 4.78 is 0. The lowest BCUT2D eigenvalue weighted by Gasteiger charge is -2.54. The van der Waals surface area contributed by atoms with Gasteiger partial charge in [-0.05, 0) is 122 Å². The van der Waals surface area contributed by atoms with Gasteiger partial charge in [0.15, 0.2) is 0 Å². The van der Waals surface area contributed by atoms with Crippen LogP contribution in [0.25, 0.3) is 46.4 Å². The summed E-state index contributed by atoms with van der Waals surface area (Å²) in [5.41, 5.74) is 19.3. The van der Waals surface area contributed by atoms with Gasteiger partial charge >= 0.3 is 0 Å². The molecule has 11 rings (SSSR count). The van der Waals surface area contributed by atoms with Crippen molar-refractivity contribution >= 4 is 80.5 Å². The number of benzene rings is 3. The van der Waals surface area contributed by atoms with Crippen LogP contribution in [0.3, 0.4) is 0 Å². The van der Waals surface area contributed by atoms with Gasteiger partial charge in [-0.15, -0.1) is 0 Å². The molecule has 2 N–H and O–H groups in total. The van der Waals surface area contributed by atoms with Gasteiger partial charge in [0.25, 0.3) is 0 Å². The van der Waals surface area contributed by atoms with E-state index in [0.29, 0.717) is 0 Å². The van der Waals surface area contributed by atoms with Crippen LogP contribution in [0, 0.1) is 11.8 Å². The average molecular weight is 952 g/mol. The lowest BCUT2D eigenvalue weighted by Crippen LogP contribution is -2.47. The predicted molar refractivity (Wildman–Crippen MR) is 306 cm³/mol. The first-order valence-electron chi connectivity index (χ1n) is 27.9. The topological polar surface area (TPSA) is 67.1 Å². The molecule has 368 valence electrons. The molecule has 0 aliphatic carbocycles. The number of aromatic nitrogens is 4. The summed E-state index contributed by atoms with van der Waals surface area (Å²) in [7, 11) is 0. The van der Waals surface area contributed by atoms with Gasteiger partial charge in [0, 0.05) is 92.5 Å². The fourth-order valence-corrected chi connectivity index (χ4v) is 12.2. The lowest BCUT2D eigenvalue weighted by molar-refractivity contribution is 0.598. The van der Waals surface area contributed by atoms with Crippen molar-refractivity contribution in [2.24, 2.45) is 0 Å². The Kier molecular flexibility index (Phi) is 14.2. The molecule has 6 aromatic rings. The van der Waals surface area contributed by atoms with Gasteiger partial charge in [0.1, 0.15) is 5.41 Å². The second kappa shape index (κ2) is 21.5. The van der Waals surface area contributed by atoms with Crippen molar-refractivity contribution < 1.29 is 0 Å². The third-order valence-corrected chi connectivity index (χ3v) is 15.7. The molecule has 0 saturated heterocycles. The van der Waals surface area contributed by atoms with Crippen molar-refractivity contribution in [3.8, 4) is 11.8 Å². The van der Waals surface area contributed by atoms with Gasteiger partial charge in [-0.1, -0.05) is 147 Å². The van der Waals surface area contributed by atoms with E-state index in [9.17, 15) is 0 Å². The second-order valence-electron chi connectivity index (χ2n) is 20.8. The van der Waals surface area contributed by atoms with E-state index in [1.165, 1.54) is 147 Å². The highest BCUT2D eigenvalue weighted by molar-refractivity contribution is 6.02. The summed E-state index contributed by atoms with van der Waals surface area (Å²) in [5.74, 6) is 8.31. The van der Waals surface area contributed by atoms with Crippen molar-refractivity contribution in [2.75, 3.05) is 34.3 Å². The maximum absolute atomic E-state index is 5.32. The minimum atomic E-state index is -0.764. The molecule has 8 bridgehead atoms. The zero-order valence-electron chi connectivity index (χ0n) is 43.1. The van der Waals surface area contributed by atoms with E-state index in [1.54, 1.807) is 0 Å². The maximum atomic E-state index is 5.32. The van der Waals surface area contributed by atoms with E-state index in [0.717, 1.165) is 89.3 Å². The molecule has 5 aliphatic heterocycles. The van der Waals surface area contributed by atoms with Crippen molar-refractivity contribution in [3.05, 3.63) is 142 Å². The molecule has 0 unspecified atom stereocenters. The van der Waals surface area contributed by atoms with Crippen LogP contribution in [-0.4, -0.2) is 39.6 Å². The monoisotopic (exact) mass is 952 g/mol. The lowest BCUT2D eigenvalue weighted by atomic mass is 9.61. The van der Waals surface area contributed by atoms with Crippen LogP contribution in [-0.2, 0) is 5.41 Å². The number of hydrogen-bond donors (Lipinski definition) is 2.